The van der Waals surface area contributed by atoms with Crippen molar-refractivity contribution >= 4 is 6.21 Å². The van der Waals surface area contributed by atoms with E-state index >= 15 is 0 Å². The van der Waals surface area contributed by atoms with Crippen molar-refractivity contribution in [1.29, 1.82) is 0 Å². The molecule has 0 aliphatic heterocycles. The summed E-state index contributed by atoms with van der Waals surface area (Å²) in [5.74, 6) is 4.81. The largest absolute Gasteiger partial charge is 0.323 e. The molecule has 2 N–H and O–H groups in total. The lowest BCUT2D eigenvalue weighted by Gasteiger charge is -1.82. The molecular weight excluding hydrogens is 119 g/mol. The van der Waals surface area contributed by atoms with Gasteiger partial charge in [-0.1, -0.05) is 6.08 Å². The first-order valence-electron chi connectivity index (χ1n) is 2.48. The van der Waals surface area contributed by atoms with Gasteiger partial charge in [-0.3, -0.25) is 0 Å². The number of hydrogen-bond donors (Lipinski definition) is 1. The molecule has 0 unspecified atom stereocenters. The summed E-state index contributed by atoms with van der Waals surface area (Å²) < 4.78 is 11.3. The van der Waals surface area contributed by atoms with Crippen molar-refractivity contribution in [3.63, 3.8) is 0 Å². The van der Waals surface area contributed by atoms with Crippen LogP contribution >= 0.6 is 0 Å². The Morgan fingerprint density at radius 2 is 2.33 bits per heavy atom. The second-order valence-corrected chi connectivity index (χ2v) is 1.51. The summed E-state index contributed by atoms with van der Waals surface area (Å²) in [4.78, 5) is 0. The van der Waals surface area contributed by atoms with E-state index in [1.54, 1.807) is 13.0 Å². The molecule has 0 heterocycles. The fourth-order valence-electron chi connectivity index (χ4n) is 0.349. The highest BCUT2D eigenvalue weighted by Crippen LogP contribution is 1.87. The topological polar surface area (TPSA) is 38.4 Å². The SMILES string of the molecule is CC(C=NN)=CC=CF. The van der Waals surface area contributed by atoms with Crippen molar-refractivity contribution in [2.24, 2.45) is 10.9 Å². The van der Waals surface area contributed by atoms with Gasteiger partial charge in [0.15, 0.2) is 0 Å². The van der Waals surface area contributed by atoms with Crippen LogP contribution in [0.15, 0.2) is 29.2 Å². The molecule has 3 heteroatoms. The van der Waals surface area contributed by atoms with Crippen LogP contribution in [0.4, 0.5) is 4.39 Å². The molecule has 9 heavy (non-hydrogen) atoms. The summed E-state index contributed by atoms with van der Waals surface area (Å²) in [5, 5.41) is 3.24. The van der Waals surface area contributed by atoms with Crippen LogP contribution in [0.5, 0.6) is 0 Å². The van der Waals surface area contributed by atoms with Crippen molar-refractivity contribution in [3.8, 4) is 0 Å². The zero-order chi connectivity index (χ0) is 7.11. The third-order valence-corrected chi connectivity index (χ3v) is 0.710. The van der Waals surface area contributed by atoms with Crippen molar-refractivity contribution in [3.05, 3.63) is 24.1 Å². The van der Waals surface area contributed by atoms with Gasteiger partial charge < -0.3 is 5.84 Å². The molecule has 0 aromatic carbocycles. The van der Waals surface area contributed by atoms with Crippen LogP contribution in [-0.4, -0.2) is 6.21 Å². The molecule has 0 spiro atoms. The molecule has 0 aliphatic rings. The van der Waals surface area contributed by atoms with Crippen LogP contribution in [0.2, 0.25) is 0 Å². The zero-order valence-corrected chi connectivity index (χ0v) is 5.21. The van der Waals surface area contributed by atoms with Crippen LogP contribution < -0.4 is 5.84 Å². The normalized spacial score (nSPS) is 13.8. The molecule has 50 valence electrons. The Hall–Kier alpha value is -1.12. The van der Waals surface area contributed by atoms with Gasteiger partial charge in [-0.25, -0.2) is 4.39 Å². The molecule has 0 atom stereocenters. The predicted octanol–water partition coefficient (Wildman–Crippen LogP) is 1.36. The molecule has 0 radical (unpaired) electrons. The van der Waals surface area contributed by atoms with Crippen LogP contribution in [0, 0.1) is 0 Å². The van der Waals surface area contributed by atoms with Gasteiger partial charge in [-0.15, -0.1) is 0 Å². The summed E-state index contributed by atoms with van der Waals surface area (Å²) in [5.41, 5.74) is 0.811. The van der Waals surface area contributed by atoms with Gasteiger partial charge >= 0.3 is 0 Å². The maximum Gasteiger partial charge on any atom is 0.0867 e. The van der Waals surface area contributed by atoms with Crippen molar-refractivity contribution in [1.82, 2.24) is 0 Å². The Balaban J connectivity index is 3.84. The van der Waals surface area contributed by atoms with Crippen LogP contribution in [0.1, 0.15) is 6.92 Å². The third kappa shape index (κ3) is 4.74. The van der Waals surface area contributed by atoms with Gasteiger partial charge in [0.2, 0.25) is 0 Å². The Morgan fingerprint density at radius 3 is 2.78 bits per heavy atom. The van der Waals surface area contributed by atoms with Gasteiger partial charge in [0, 0.05) is 6.21 Å². The zero-order valence-electron chi connectivity index (χ0n) is 5.21. The molecule has 0 rings (SSSR count). The first-order chi connectivity index (χ1) is 4.31. The molecule has 0 saturated heterocycles. The first kappa shape index (κ1) is 7.88. The highest BCUT2D eigenvalue weighted by Gasteiger charge is 1.75. The second kappa shape index (κ2) is 5.03. The minimum absolute atomic E-state index is 0.452. The van der Waals surface area contributed by atoms with Gasteiger partial charge in [0.1, 0.15) is 0 Å². The molecule has 0 aromatic heterocycles. The van der Waals surface area contributed by atoms with Crippen LogP contribution in [0.3, 0.4) is 0 Å². The molecule has 0 saturated carbocycles. The number of halogens is 1. The molecular formula is C6H9FN2. The number of rotatable bonds is 2. The highest BCUT2D eigenvalue weighted by molar-refractivity contribution is 5.77. The number of nitrogens with zero attached hydrogens (tertiary/aromatic N) is 1. The van der Waals surface area contributed by atoms with Gasteiger partial charge in [0.05, 0.1) is 6.33 Å². The quantitative estimate of drug-likeness (QED) is 0.259. The Bertz CT molecular complexity index is 147. The van der Waals surface area contributed by atoms with E-state index in [1.807, 2.05) is 0 Å². The van der Waals surface area contributed by atoms with E-state index in [9.17, 15) is 4.39 Å². The highest BCUT2D eigenvalue weighted by atomic mass is 19.1. The van der Waals surface area contributed by atoms with Gasteiger partial charge in [-0.05, 0) is 18.6 Å². The summed E-state index contributed by atoms with van der Waals surface area (Å²) in [6.07, 6.45) is 4.74. The second-order valence-electron chi connectivity index (χ2n) is 1.51. The average molecular weight is 128 g/mol. The molecule has 0 amide bonds. The minimum Gasteiger partial charge on any atom is -0.323 e. The summed E-state index contributed by atoms with van der Waals surface area (Å²) in [6.45, 7) is 1.77. The van der Waals surface area contributed by atoms with Crippen molar-refractivity contribution in [2.75, 3.05) is 0 Å². The fraction of sp³-hybridized carbons (Fsp3) is 0.167. The van der Waals surface area contributed by atoms with Crippen molar-refractivity contribution < 1.29 is 4.39 Å². The molecule has 2 nitrogen and oxygen atoms in total. The Morgan fingerprint density at radius 1 is 1.67 bits per heavy atom. The van der Waals surface area contributed by atoms with E-state index in [1.165, 1.54) is 12.3 Å². The lowest BCUT2D eigenvalue weighted by atomic mass is 10.3. The van der Waals surface area contributed by atoms with E-state index in [0.29, 0.717) is 6.33 Å². The summed E-state index contributed by atoms with van der Waals surface area (Å²) in [6, 6.07) is 0. The van der Waals surface area contributed by atoms with E-state index < -0.39 is 0 Å². The maximum atomic E-state index is 11.3. The van der Waals surface area contributed by atoms with Gasteiger partial charge in [0.25, 0.3) is 0 Å². The van der Waals surface area contributed by atoms with Crippen LogP contribution in [0.25, 0.3) is 0 Å². The van der Waals surface area contributed by atoms with Crippen molar-refractivity contribution in [2.45, 2.75) is 6.92 Å². The van der Waals surface area contributed by atoms with Gasteiger partial charge in [-0.2, -0.15) is 5.10 Å². The Labute approximate surface area is 53.6 Å². The number of allylic oxidation sites excluding steroid dienone is 3. The summed E-state index contributed by atoms with van der Waals surface area (Å²) in [7, 11) is 0. The Kier molecular flexibility index (Phi) is 4.40. The standard InChI is InChI=1S/C6H9FN2/c1-6(5-9-8)3-2-4-7/h2-5H,8H2,1H3. The van der Waals surface area contributed by atoms with Crippen LogP contribution in [-0.2, 0) is 0 Å². The van der Waals surface area contributed by atoms with E-state index in [4.69, 9.17) is 5.84 Å². The summed E-state index contributed by atoms with van der Waals surface area (Å²) >= 11 is 0. The third-order valence-electron chi connectivity index (χ3n) is 0.710. The lowest BCUT2D eigenvalue weighted by molar-refractivity contribution is 0.721. The number of hydrogen-bond acceptors (Lipinski definition) is 2. The molecule has 0 aromatic rings. The number of nitrogens with two attached hydrogens (primary N) is 1. The lowest BCUT2D eigenvalue weighted by Crippen LogP contribution is -1.83. The molecule has 0 bridgehead atoms. The smallest absolute Gasteiger partial charge is 0.0867 e. The average Bonchev–Trinajstić information content (AvgIpc) is 1.85. The van der Waals surface area contributed by atoms with E-state index in [2.05, 4.69) is 5.10 Å². The van der Waals surface area contributed by atoms with E-state index in [-0.39, 0.29) is 0 Å². The van der Waals surface area contributed by atoms with E-state index in [0.717, 1.165) is 5.57 Å². The monoisotopic (exact) mass is 128 g/mol. The number of hydrazone groups is 1. The first-order valence-corrected chi connectivity index (χ1v) is 2.48. The maximum absolute atomic E-state index is 11.3. The predicted molar refractivity (Wildman–Crippen MR) is 36.7 cm³/mol. The minimum atomic E-state index is 0.452. The molecule has 0 fully saturated rings. The fourth-order valence-corrected chi connectivity index (χ4v) is 0.349. The molecule has 0 aliphatic carbocycles.